The maximum absolute atomic E-state index is 5.99. The van der Waals surface area contributed by atoms with Crippen LogP contribution in [-0.2, 0) is 11.3 Å². The van der Waals surface area contributed by atoms with Gasteiger partial charge in [0.2, 0.25) is 0 Å². The van der Waals surface area contributed by atoms with Crippen LogP contribution in [-0.4, -0.2) is 41.7 Å². The highest BCUT2D eigenvalue weighted by molar-refractivity contribution is 6.31. The number of fused-ring (bicyclic) bond motifs is 1. The van der Waals surface area contributed by atoms with Gasteiger partial charge in [0.25, 0.3) is 0 Å². The predicted molar refractivity (Wildman–Crippen MR) is 81.0 cm³/mol. The van der Waals surface area contributed by atoms with Crippen LogP contribution in [0, 0.1) is 5.92 Å². The number of nitrogens with zero attached hydrogens (tertiary/aromatic N) is 2. The number of benzene rings is 1. The molecule has 0 spiro atoms. The van der Waals surface area contributed by atoms with Gasteiger partial charge in [0.15, 0.2) is 0 Å². The monoisotopic (exact) mass is 293 g/mol. The Morgan fingerprint density at radius 1 is 1.50 bits per heavy atom. The van der Waals surface area contributed by atoms with Gasteiger partial charge in [0.1, 0.15) is 5.82 Å². The van der Waals surface area contributed by atoms with E-state index in [-0.39, 0.29) is 0 Å². The summed E-state index contributed by atoms with van der Waals surface area (Å²) in [6.45, 7) is 3.69. The Hall–Kier alpha value is -1.10. The number of hydrogen-bond acceptors (Lipinski definition) is 3. The standard InChI is InChI=1S/C15H20ClN3O/c1-19(8-11-3-2-6-20-10-11)9-15-17-13-5-4-12(16)7-14(13)18-15/h4-5,7,11H,2-3,6,8-10H2,1H3,(H,17,18)/t11-/m0/s1. The van der Waals surface area contributed by atoms with Gasteiger partial charge in [0, 0.05) is 18.2 Å². The number of hydrogen-bond donors (Lipinski definition) is 1. The van der Waals surface area contributed by atoms with E-state index in [1.165, 1.54) is 12.8 Å². The summed E-state index contributed by atoms with van der Waals surface area (Å²) >= 11 is 5.99. The molecule has 0 amide bonds. The van der Waals surface area contributed by atoms with Crippen molar-refractivity contribution in [2.45, 2.75) is 19.4 Å². The van der Waals surface area contributed by atoms with Crippen LogP contribution >= 0.6 is 11.6 Å². The van der Waals surface area contributed by atoms with E-state index in [0.717, 1.165) is 48.2 Å². The quantitative estimate of drug-likeness (QED) is 0.942. The molecule has 20 heavy (non-hydrogen) atoms. The van der Waals surface area contributed by atoms with Crippen molar-refractivity contribution in [2.24, 2.45) is 5.92 Å². The Balaban J connectivity index is 1.63. The SMILES string of the molecule is CN(Cc1nc2ccc(Cl)cc2[nH]1)C[C@@H]1CCCOC1. The van der Waals surface area contributed by atoms with E-state index in [1.54, 1.807) is 0 Å². The molecule has 1 aliphatic heterocycles. The van der Waals surface area contributed by atoms with Crippen LogP contribution in [0.3, 0.4) is 0 Å². The summed E-state index contributed by atoms with van der Waals surface area (Å²) < 4.78 is 5.53. The zero-order chi connectivity index (χ0) is 13.9. The average Bonchev–Trinajstić information content (AvgIpc) is 2.80. The third-order valence-electron chi connectivity index (χ3n) is 3.74. The lowest BCUT2D eigenvalue weighted by atomic mass is 10.0. The zero-order valence-corrected chi connectivity index (χ0v) is 12.5. The molecule has 1 fully saturated rings. The molecular weight excluding hydrogens is 274 g/mol. The molecule has 1 aliphatic rings. The summed E-state index contributed by atoms with van der Waals surface area (Å²) in [4.78, 5) is 10.2. The van der Waals surface area contributed by atoms with Crippen molar-refractivity contribution >= 4 is 22.6 Å². The Morgan fingerprint density at radius 2 is 2.40 bits per heavy atom. The highest BCUT2D eigenvalue weighted by Gasteiger charge is 2.16. The van der Waals surface area contributed by atoms with Crippen LogP contribution in [0.2, 0.25) is 5.02 Å². The largest absolute Gasteiger partial charge is 0.381 e. The molecule has 108 valence electrons. The molecule has 1 atom stereocenters. The molecule has 1 saturated heterocycles. The third-order valence-corrected chi connectivity index (χ3v) is 3.97. The Labute approximate surface area is 124 Å². The van der Waals surface area contributed by atoms with Gasteiger partial charge in [-0.05, 0) is 44.0 Å². The minimum absolute atomic E-state index is 0.646. The minimum Gasteiger partial charge on any atom is -0.381 e. The van der Waals surface area contributed by atoms with Gasteiger partial charge in [-0.3, -0.25) is 4.90 Å². The predicted octanol–water partition coefficient (Wildman–Crippen LogP) is 3.07. The molecule has 1 aromatic carbocycles. The van der Waals surface area contributed by atoms with Gasteiger partial charge < -0.3 is 9.72 Å². The molecule has 1 N–H and O–H groups in total. The van der Waals surface area contributed by atoms with Crippen molar-refractivity contribution < 1.29 is 4.74 Å². The van der Waals surface area contributed by atoms with E-state index in [0.29, 0.717) is 5.92 Å². The highest BCUT2D eigenvalue weighted by Crippen LogP contribution is 2.19. The Bertz CT molecular complexity index is 578. The number of rotatable bonds is 4. The number of imidazole rings is 1. The first-order chi connectivity index (χ1) is 9.70. The summed E-state index contributed by atoms with van der Waals surface area (Å²) in [5.74, 6) is 1.63. The van der Waals surface area contributed by atoms with Crippen LogP contribution in [0.15, 0.2) is 18.2 Å². The van der Waals surface area contributed by atoms with Crippen LogP contribution in [0.4, 0.5) is 0 Å². The van der Waals surface area contributed by atoms with Gasteiger partial charge in [0.05, 0.1) is 24.2 Å². The summed E-state index contributed by atoms with van der Waals surface area (Å²) in [5.41, 5.74) is 1.97. The summed E-state index contributed by atoms with van der Waals surface area (Å²) in [7, 11) is 2.13. The molecule has 3 rings (SSSR count). The lowest BCUT2D eigenvalue weighted by Crippen LogP contribution is -2.30. The molecule has 4 nitrogen and oxygen atoms in total. The van der Waals surface area contributed by atoms with Gasteiger partial charge in [-0.2, -0.15) is 0 Å². The van der Waals surface area contributed by atoms with Gasteiger partial charge in [-0.1, -0.05) is 11.6 Å². The number of aromatic amines is 1. The van der Waals surface area contributed by atoms with Gasteiger partial charge in [-0.15, -0.1) is 0 Å². The lowest BCUT2D eigenvalue weighted by molar-refractivity contribution is 0.0409. The number of ether oxygens (including phenoxy) is 1. The average molecular weight is 294 g/mol. The minimum atomic E-state index is 0.646. The van der Waals surface area contributed by atoms with E-state index >= 15 is 0 Å². The first-order valence-corrected chi connectivity index (χ1v) is 7.49. The second-order valence-electron chi connectivity index (χ2n) is 5.62. The second kappa shape index (κ2) is 6.12. The van der Waals surface area contributed by atoms with Crippen LogP contribution < -0.4 is 0 Å². The fourth-order valence-corrected chi connectivity index (χ4v) is 2.99. The fraction of sp³-hybridized carbons (Fsp3) is 0.533. The van der Waals surface area contributed by atoms with E-state index in [9.17, 15) is 0 Å². The Morgan fingerprint density at radius 3 is 3.20 bits per heavy atom. The van der Waals surface area contributed by atoms with Crippen molar-refractivity contribution in [1.29, 1.82) is 0 Å². The molecule has 0 unspecified atom stereocenters. The fourth-order valence-electron chi connectivity index (χ4n) is 2.82. The number of H-pyrrole nitrogens is 1. The topological polar surface area (TPSA) is 41.2 Å². The smallest absolute Gasteiger partial charge is 0.121 e. The van der Waals surface area contributed by atoms with E-state index < -0.39 is 0 Å². The van der Waals surface area contributed by atoms with E-state index in [4.69, 9.17) is 16.3 Å². The Kier molecular flexibility index (Phi) is 4.24. The molecule has 2 heterocycles. The van der Waals surface area contributed by atoms with E-state index in [1.807, 2.05) is 18.2 Å². The normalized spacial score (nSPS) is 19.9. The zero-order valence-electron chi connectivity index (χ0n) is 11.7. The molecule has 5 heteroatoms. The molecule has 0 saturated carbocycles. The first-order valence-electron chi connectivity index (χ1n) is 7.11. The van der Waals surface area contributed by atoms with Crippen LogP contribution in [0.25, 0.3) is 11.0 Å². The molecule has 0 radical (unpaired) electrons. The molecule has 2 aromatic rings. The molecule has 0 bridgehead atoms. The number of halogens is 1. The number of nitrogens with one attached hydrogen (secondary N) is 1. The highest BCUT2D eigenvalue weighted by atomic mass is 35.5. The van der Waals surface area contributed by atoms with Gasteiger partial charge in [-0.25, -0.2) is 4.98 Å². The van der Waals surface area contributed by atoms with Crippen molar-refractivity contribution in [2.75, 3.05) is 26.8 Å². The second-order valence-corrected chi connectivity index (χ2v) is 6.06. The van der Waals surface area contributed by atoms with Crippen LogP contribution in [0.1, 0.15) is 18.7 Å². The summed E-state index contributed by atoms with van der Waals surface area (Å²) in [5, 5.41) is 0.736. The van der Waals surface area contributed by atoms with Crippen molar-refractivity contribution in [3.8, 4) is 0 Å². The van der Waals surface area contributed by atoms with E-state index in [2.05, 4.69) is 21.9 Å². The van der Waals surface area contributed by atoms with Crippen molar-refractivity contribution in [3.63, 3.8) is 0 Å². The third kappa shape index (κ3) is 3.32. The maximum atomic E-state index is 5.99. The maximum Gasteiger partial charge on any atom is 0.121 e. The molecular formula is C15H20ClN3O. The van der Waals surface area contributed by atoms with Crippen molar-refractivity contribution in [3.05, 3.63) is 29.0 Å². The molecule has 1 aromatic heterocycles. The lowest BCUT2D eigenvalue weighted by Gasteiger charge is -2.26. The molecule has 0 aliphatic carbocycles. The van der Waals surface area contributed by atoms with Crippen LogP contribution in [0.5, 0.6) is 0 Å². The summed E-state index contributed by atoms with van der Waals surface area (Å²) in [6.07, 6.45) is 2.45. The first kappa shape index (κ1) is 13.9. The summed E-state index contributed by atoms with van der Waals surface area (Å²) in [6, 6.07) is 5.74. The van der Waals surface area contributed by atoms with Gasteiger partial charge >= 0.3 is 0 Å². The van der Waals surface area contributed by atoms with Crippen molar-refractivity contribution in [1.82, 2.24) is 14.9 Å². The number of aromatic nitrogens is 2.